The lowest BCUT2D eigenvalue weighted by Crippen LogP contribution is -2.37. The molecule has 9 heteroatoms. The van der Waals surface area contributed by atoms with Crippen molar-refractivity contribution >= 4 is 17.1 Å². The normalized spacial score (nSPS) is 19.2. The second-order valence-corrected chi connectivity index (χ2v) is 7.55. The third kappa shape index (κ3) is 3.27. The number of hydrogen-bond acceptors (Lipinski definition) is 5. The van der Waals surface area contributed by atoms with Crippen LogP contribution in [0, 0.1) is 0 Å². The molecule has 0 aliphatic carbocycles. The Morgan fingerprint density at radius 1 is 1.14 bits per heavy atom. The molecule has 152 valence electrons. The van der Waals surface area contributed by atoms with Crippen LogP contribution >= 0.6 is 0 Å². The zero-order valence-electron chi connectivity index (χ0n) is 16.5. The van der Waals surface area contributed by atoms with Crippen molar-refractivity contribution in [3.63, 3.8) is 0 Å². The molecule has 29 heavy (non-hydrogen) atoms. The minimum absolute atomic E-state index is 0.0117. The van der Waals surface area contributed by atoms with Gasteiger partial charge >= 0.3 is 5.69 Å². The number of carbonyl (C=O) groups excluding carboxylic acids is 1. The van der Waals surface area contributed by atoms with Gasteiger partial charge < -0.3 is 15.2 Å². The van der Waals surface area contributed by atoms with Crippen LogP contribution in [0.2, 0.25) is 0 Å². The second kappa shape index (κ2) is 7.32. The summed E-state index contributed by atoms with van der Waals surface area (Å²) >= 11 is 0. The van der Waals surface area contributed by atoms with E-state index in [0.29, 0.717) is 30.8 Å². The third-order valence-electron chi connectivity index (χ3n) is 5.73. The lowest BCUT2D eigenvalue weighted by Gasteiger charge is -2.17. The lowest BCUT2D eigenvalue weighted by molar-refractivity contribution is -0.130. The monoisotopic (exact) mass is 396 g/mol. The van der Waals surface area contributed by atoms with Crippen molar-refractivity contribution in [1.29, 1.82) is 0 Å². The van der Waals surface area contributed by atoms with Crippen LogP contribution in [0.4, 0.5) is 0 Å². The van der Waals surface area contributed by atoms with Gasteiger partial charge in [-0.05, 0) is 5.56 Å². The van der Waals surface area contributed by atoms with E-state index in [-0.39, 0.29) is 24.3 Å². The van der Waals surface area contributed by atoms with Crippen molar-refractivity contribution in [2.24, 2.45) is 19.8 Å². The smallest absolute Gasteiger partial charge is 0.332 e. The van der Waals surface area contributed by atoms with E-state index < -0.39 is 11.2 Å². The van der Waals surface area contributed by atoms with Gasteiger partial charge in [-0.3, -0.25) is 18.7 Å². The van der Waals surface area contributed by atoms with Crippen LogP contribution in [-0.2, 0) is 25.4 Å². The quantitative estimate of drug-likeness (QED) is 0.656. The number of hydrogen-bond donors (Lipinski definition) is 1. The van der Waals surface area contributed by atoms with Crippen molar-refractivity contribution in [2.45, 2.75) is 24.9 Å². The molecule has 2 atom stereocenters. The molecule has 0 spiro atoms. The number of benzene rings is 1. The van der Waals surface area contributed by atoms with E-state index in [1.54, 1.807) is 16.5 Å². The molecule has 2 N–H and O–H groups in total. The molecule has 0 unspecified atom stereocenters. The Morgan fingerprint density at radius 3 is 2.59 bits per heavy atom. The first-order chi connectivity index (χ1) is 13.9. The van der Waals surface area contributed by atoms with Crippen LogP contribution in [0.15, 0.2) is 46.2 Å². The average Bonchev–Trinajstić information content (AvgIpc) is 3.33. The van der Waals surface area contributed by atoms with Gasteiger partial charge in [-0.1, -0.05) is 30.3 Å². The molecule has 9 nitrogen and oxygen atoms in total. The Kier molecular flexibility index (Phi) is 4.83. The SMILES string of the molecule is Cn1c(=O)c2c(ncn2CCC(=O)N2C[C@@H](N)[C@H](c3ccccc3)C2)n(C)c1=O. The van der Waals surface area contributed by atoms with Crippen LogP contribution in [0.25, 0.3) is 11.2 Å². The van der Waals surface area contributed by atoms with E-state index >= 15 is 0 Å². The highest BCUT2D eigenvalue weighted by Gasteiger charge is 2.33. The van der Waals surface area contributed by atoms with Crippen molar-refractivity contribution in [1.82, 2.24) is 23.6 Å². The summed E-state index contributed by atoms with van der Waals surface area (Å²) in [7, 11) is 3.00. The number of carbonyl (C=O) groups is 1. The molecule has 3 aromatic rings. The standard InChI is InChI=1S/C20H24N6O3/c1-23-18-17(19(28)24(2)20(23)29)25(12-22-18)9-8-16(27)26-10-14(15(21)11-26)13-6-4-3-5-7-13/h3-7,12,14-15H,8-11,21H2,1-2H3/t14-,15+/m0/s1. The highest BCUT2D eigenvalue weighted by atomic mass is 16.2. The number of nitrogens with two attached hydrogens (primary N) is 1. The summed E-state index contributed by atoms with van der Waals surface area (Å²) in [6, 6.07) is 9.89. The maximum Gasteiger partial charge on any atom is 0.332 e. The van der Waals surface area contributed by atoms with Gasteiger partial charge in [0, 0.05) is 52.1 Å². The number of amides is 1. The number of aryl methyl sites for hydroxylation is 2. The molecule has 0 bridgehead atoms. The van der Waals surface area contributed by atoms with E-state index in [1.807, 2.05) is 30.3 Å². The molecule has 0 saturated carbocycles. The molecule has 3 heterocycles. The maximum absolute atomic E-state index is 12.8. The van der Waals surface area contributed by atoms with Crippen LogP contribution in [-0.4, -0.2) is 48.6 Å². The first-order valence-electron chi connectivity index (χ1n) is 9.57. The number of nitrogens with zero attached hydrogens (tertiary/aromatic N) is 5. The van der Waals surface area contributed by atoms with Gasteiger partial charge in [0.05, 0.1) is 6.33 Å². The van der Waals surface area contributed by atoms with E-state index in [0.717, 1.165) is 10.1 Å². The topological polar surface area (TPSA) is 108 Å². The molecular formula is C20H24N6O3. The van der Waals surface area contributed by atoms with Crippen molar-refractivity contribution < 1.29 is 4.79 Å². The number of imidazole rings is 1. The van der Waals surface area contributed by atoms with E-state index in [1.165, 1.54) is 17.9 Å². The summed E-state index contributed by atoms with van der Waals surface area (Å²) in [5, 5.41) is 0. The van der Waals surface area contributed by atoms with Crippen LogP contribution in [0.3, 0.4) is 0 Å². The first kappa shape index (κ1) is 19.1. The van der Waals surface area contributed by atoms with E-state index in [9.17, 15) is 14.4 Å². The lowest BCUT2D eigenvalue weighted by atomic mass is 9.95. The summed E-state index contributed by atoms with van der Waals surface area (Å²) in [5.41, 5.74) is 7.22. The summed E-state index contributed by atoms with van der Waals surface area (Å²) in [4.78, 5) is 43.3. The number of fused-ring (bicyclic) bond motifs is 1. The fourth-order valence-corrected chi connectivity index (χ4v) is 4.03. The molecule has 0 radical (unpaired) electrons. The van der Waals surface area contributed by atoms with Crippen molar-refractivity contribution in [3.05, 3.63) is 63.1 Å². The van der Waals surface area contributed by atoms with Gasteiger partial charge in [0.2, 0.25) is 5.91 Å². The largest absolute Gasteiger partial charge is 0.340 e. The molecule has 1 aromatic carbocycles. The average molecular weight is 396 g/mol. The molecule has 2 aromatic heterocycles. The zero-order valence-corrected chi connectivity index (χ0v) is 16.5. The minimum atomic E-state index is -0.429. The number of aromatic nitrogens is 4. The third-order valence-corrected chi connectivity index (χ3v) is 5.73. The predicted octanol–water partition coefficient (Wildman–Crippen LogP) is -0.223. The molecule has 4 rings (SSSR count). The van der Waals surface area contributed by atoms with Gasteiger partial charge in [-0.25, -0.2) is 9.78 Å². The molecule has 1 aliphatic rings. The molecule has 1 aliphatic heterocycles. The first-order valence-corrected chi connectivity index (χ1v) is 9.57. The molecule has 1 amide bonds. The summed E-state index contributed by atoms with van der Waals surface area (Å²) in [6.07, 6.45) is 1.73. The van der Waals surface area contributed by atoms with Gasteiger partial charge in [0.25, 0.3) is 5.56 Å². The van der Waals surface area contributed by atoms with Gasteiger partial charge in [-0.2, -0.15) is 0 Å². The fourth-order valence-electron chi connectivity index (χ4n) is 4.03. The Hall–Kier alpha value is -3.20. The van der Waals surface area contributed by atoms with Gasteiger partial charge in [-0.15, -0.1) is 0 Å². The maximum atomic E-state index is 12.8. The second-order valence-electron chi connectivity index (χ2n) is 7.55. The number of likely N-dealkylation sites (tertiary alicyclic amines) is 1. The van der Waals surface area contributed by atoms with Crippen molar-refractivity contribution in [2.75, 3.05) is 13.1 Å². The molecular weight excluding hydrogens is 372 g/mol. The summed E-state index contributed by atoms with van der Waals surface area (Å²) < 4.78 is 4.02. The van der Waals surface area contributed by atoms with Crippen molar-refractivity contribution in [3.8, 4) is 0 Å². The Morgan fingerprint density at radius 2 is 1.86 bits per heavy atom. The van der Waals surface area contributed by atoms with E-state index in [2.05, 4.69) is 4.98 Å². The van der Waals surface area contributed by atoms with Crippen LogP contribution in [0.1, 0.15) is 17.9 Å². The highest BCUT2D eigenvalue weighted by Crippen LogP contribution is 2.26. The Labute approximate surface area is 167 Å². The van der Waals surface area contributed by atoms with Gasteiger partial charge in [0.1, 0.15) is 0 Å². The van der Waals surface area contributed by atoms with E-state index in [4.69, 9.17) is 5.73 Å². The van der Waals surface area contributed by atoms with Crippen LogP contribution in [0.5, 0.6) is 0 Å². The fraction of sp³-hybridized carbons (Fsp3) is 0.400. The summed E-state index contributed by atoms with van der Waals surface area (Å²) in [6.45, 7) is 1.41. The summed E-state index contributed by atoms with van der Waals surface area (Å²) in [5.74, 6) is 0.110. The molecule has 1 saturated heterocycles. The Balaban J connectivity index is 1.50. The minimum Gasteiger partial charge on any atom is -0.340 e. The highest BCUT2D eigenvalue weighted by molar-refractivity contribution is 5.77. The Bertz CT molecular complexity index is 1180. The van der Waals surface area contributed by atoms with Gasteiger partial charge in [0.15, 0.2) is 11.2 Å². The predicted molar refractivity (Wildman–Crippen MR) is 109 cm³/mol. The zero-order chi connectivity index (χ0) is 20.7. The molecule has 1 fully saturated rings. The number of rotatable bonds is 4. The van der Waals surface area contributed by atoms with Crippen LogP contribution < -0.4 is 17.0 Å².